The van der Waals surface area contributed by atoms with E-state index in [9.17, 15) is 18.0 Å². The lowest BCUT2D eigenvalue weighted by atomic mass is 10.1. The lowest BCUT2D eigenvalue weighted by Crippen LogP contribution is -2.41. The maximum atomic E-state index is 12.5. The molecular formula is C18H27F3N4O2. The van der Waals surface area contributed by atoms with Gasteiger partial charge in [0.1, 0.15) is 0 Å². The van der Waals surface area contributed by atoms with Crippen LogP contribution in [0, 0.1) is 0 Å². The molecule has 0 saturated heterocycles. The monoisotopic (exact) mass is 388 g/mol. The van der Waals surface area contributed by atoms with E-state index in [1.54, 1.807) is 7.05 Å². The molecule has 3 N–H and O–H groups in total. The summed E-state index contributed by atoms with van der Waals surface area (Å²) in [6.07, 6.45) is -2.50. The fraction of sp³-hybridized carbons (Fsp3) is 0.556. The minimum absolute atomic E-state index is 0.180. The minimum Gasteiger partial charge on any atom is -0.382 e. The van der Waals surface area contributed by atoms with Crippen molar-refractivity contribution in [1.29, 1.82) is 0 Å². The second-order valence-corrected chi connectivity index (χ2v) is 5.66. The van der Waals surface area contributed by atoms with Gasteiger partial charge in [-0.1, -0.05) is 0 Å². The molecule has 0 bridgehead atoms. The van der Waals surface area contributed by atoms with Crippen LogP contribution in [0.25, 0.3) is 0 Å². The van der Waals surface area contributed by atoms with Crippen molar-refractivity contribution in [3.63, 3.8) is 0 Å². The van der Waals surface area contributed by atoms with E-state index in [2.05, 4.69) is 20.9 Å². The van der Waals surface area contributed by atoms with Crippen LogP contribution in [0.3, 0.4) is 0 Å². The van der Waals surface area contributed by atoms with Crippen molar-refractivity contribution in [2.75, 3.05) is 39.9 Å². The molecule has 9 heteroatoms. The van der Waals surface area contributed by atoms with Crippen LogP contribution in [-0.4, -0.2) is 51.8 Å². The van der Waals surface area contributed by atoms with Gasteiger partial charge in [-0.3, -0.25) is 9.79 Å². The van der Waals surface area contributed by atoms with Crippen LogP contribution in [-0.2, 0) is 10.9 Å². The Labute approximate surface area is 157 Å². The van der Waals surface area contributed by atoms with Crippen LogP contribution in [0.2, 0.25) is 0 Å². The zero-order valence-corrected chi connectivity index (χ0v) is 15.7. The fourth-order valence-electron chi connectivity index (χ4n) is 2.17. The van der Waals surface area contributed by atoms with Gasteiger partial charge in [-0.2, -0.15) is 13.2 Å². The van der Waals surface area contributed by atoms with Crippen LogP contribution < -0.4 is 16.0 Å². The number of aliphatic imine (C=N–C) groups is 1. The summed E-state index contributed by atoms with van der Waals surface area (Å²) in [4.78, 5) is 16.0. The van der Waals surface area contributed by atoms with E-state index in [4.69, 9.17) is 4.74 Å². The SMILES string of the molecule is CCOCCCCNC(=NC)NCCNC(=O)c1ccc(C(F)(F)F)cc1. The van der Waals surface area contributed by atoms with E-state index in [-0.39, 0.29) is 5.56 Å². The molecular weight excluding hydrogens is 361 g/mol. The molecule has 27 heavy (non-hydrogen) atoms. The van der Waals surface area contributed by atoms with Crippen molar-refractivity contribution in [3.05, 3.63) is 35.4 Å². The number of carbonyl (C=O) groups excluding carboxylic acids is 1. The Morgan fingerprint density at radius 1 is 1.04 bits per heavy atom. The Morgan fingerprint density at radius 2 is 1.67 bits per heavy atom. The predicted molar refractivity (Wildman–Crippen MR) is 98.9 cm³/mol. The quantitative estimate of drug-likeness (QED) is 0.327. The number of unbranched alkanes of at least 4 members (excludes halogenated alkanes) is 1. The number of hydrogen-bond acceptors (Lipinski definition) is 3. The van der Waals surface area contributed by atoms with Gasteiger partial charge in [0.25, 0.3) is 5.91 Å². The van der Waals surface area contributed by atoms with Gasteiger partial charge in [-0.25, -0.2) is 0 Å². The summed E-state index contributed by atoms with van der Waals surface area (Å²) in [6, 6.07) is 4.11. The predicted octanol–water partition coefficient (Wildman–Crippen LogP) is 2.42. The van der Waals surface area contributed by atoms with E-state index in [1.807, 2.05) is 6.92 Å². The molecule has 6 nitrogen and oxygen atoms in total. The molecule has 0 aliphatic rings. The summed E-state index contributed by atoms with van der Waals surface area (Å²) < 4.78 is 42.8. The van der Waals surface area contributed by atoms with Crippen molar-refractivity contribution < 1.29 is 22.7 Å². The summed E-state index contributed by atoms with van der Waals surface area (Å²) in [6.45, 7) is 4.91. The molecule has 0 radical (unpaired) electrons. The number of alkyl halides is 3. The molecule has 0 unspecified atom stereocenters. The van der Waals surface area contributed by atoms with Gasteiger partial charge in [0, 0.05) is 45.5 Å². The first-order valence-electron chi connectivity index (χ1n) is 8.86. The van der Waals surface area contributed by atoms with Crippen molar-refractivity contribution in [2.45, 2.75) is 25.9 Å². The summed E-state index contributed by atoms with van der Waals surface area (Å²) >= 11 is 0. The Hall–Kier alpha value is -2.29. The Kier molecular flexibility index (Phi) is 10.2. The Balaban J connectivity index is 2.24. The average molecular weight is 388 g/mol. The second-order valence-electron chi connectivity index (χ2n) is 5.66. The van der Waals surface area contributed by atoms with Gasteiger partial charge in [-0.05, 0) is 44.0 Å². The van der Waals surface area contributed by atoms with Crippen molar-refractivity contribution >= 4 is 11.9 Å². The molecule has 152 valence electrons. The molecule has 1 amide bonds. The molecule has 1 aromatic rings. The van der Waals surface area contributed by atoms with Gasteiger partial charge in [0.05, 0.1) is 5.56 Å². The molecule has 0 aliphatic carbocycles. The average Bonchev–Trinajstić information content (AvgIpc) is 2.65. The molecule has 0 aliphatic heterocycles. The van der Waals surface area contributed by atoms with Gasteiger partial charge < -0.3 is 20.7 Å². The molecule has 0 saturated carbocycles. The lowest BCUT2D eigenvalue weighted by molar-refractivity contribution is -0.137. The molecule has 0 aromatic heterocycles. The lowest BCUT2D eigenvalue weighted by Gasteiger charge is -2.12. The normalized spacial score (nSPS) is 12.0. The van der Waals surface area contributed by atoms with Gasteiger partial charge in [0.15, 0.2) is 5.96 Å². The molecule has 1 aromatic carbocycles. The third-order valence-electron chi connectivity index (χ3n) is 3.61. The van der Waals surface area contributed by atoms with E-state index < -0.39 is 17.6 Å². The van der Waals surface area contributed by atoms with Crippen LogP contribution in [0.1, 0.15) is 35.7 Å². The van der Waals surface area contributed by atoms with Crippen LogP contribution in [0.4, 0.5) is 13.2 Å². The zero-order valence-electron chi connectivity index (χ0n) is 15.7. The first-order valence-corrected chi connectivity index (χ1v) is 8.86. The molecule has 0 fully saturated rings. The highest BCUT2D eigenvalue weighted by molar-refractivity contribution is 5.94. The highest BCUT2D eigenvalue weighted by Crippen LogP contribution is 2.28. The van der Waals surface area contributed by atoms with E-state index >= 15 is 0 Å². The number of rotatable bonds is 10. The number of benzene rings is 1. The number of ether oxygens (including phenoxy) is 1. The van der Waals surface area contributed by atoms with Crippen molar-refractivity contribution in [2.24, 2.45) is 4.99 Å². The fourth-order valence-corrected chi connectivity index (χ4v) is 2.17. The van der Waals surface area contributed by atoms with E-state index in [0.717, 1.165) is 56.9 Å². The van der Waals surface area contributed by atoms with E-state index in [1.165, 1.54) is 0 Å². The highest BCUT2D eigenvalue weighted by atomic mass is 19.4. The summed E-state index contributed by atoms with van der Waals surface area (Å²) in [5.74, 6) is 0.194. The number of carbonyl (C=O) groups is 1. The number of amides is 1. The van der Waals surface area contributed by atoms with Gasteiger partial charge in [-0.15, -0.1) is 0 Å². The minimum atomic E-state index is -4.41. The molecule has 0 heterocycles. The summed E-state index contributed by atoms with van der Waals surface area (Å²) in [7, 11) is 1.65. The first-order chi connectivity index (χ1) is 12.9. The van der Waals surface area contributed by atoms with Crippen LogP contribution in [0.5, 0.6) is 0 Å². The largest absolute Gasteiger partial charge is 0.416 e. The Bertz CT molecular complexity index is 589. The number of nitrogens with one attached hydrogen (secondary N) is 3. The number of halogens is 3. The van der Waals surface area contributed by atoms with Gasteiger partial charge in [0.2, 0.25) is 0 Å². The number of guanidine groups is 1. The zero-order chi connectivity index (χ0) is 20.1. The molecule has 0 atom stereocenters. The van der Waals surface area contributed by atoms with Gasteiger partial charge >= 0.3 is 6.18 Å². The Morgan fingerprint density at radius 3 is 2.26 bits per heavy atom. The van der Waals surface area contributed by atoms with Crippen LogP contribution >= 0.6 is 0 Å². The second kappa shape index (κ2) is 12.2. The standard InChI is InChI=1S/C18H27F3N4O2/c1-3-27-13-5-4-10-24-17(22-2)25-12-11-23-16(26)14-6-8-15(9-7-14)18(19,20)21/h6-9H,3-5,10-13H2,1-2H3,(H,23,26)(H2,22,24,25). The maximum Gasteiger partial charge on any atom is 0.416 e. The van der Waals surface area contributed by atoms with Crippen LogP contribution in [0.15, 0.2) is 29.3 Å². The molecule has 0 spiro atoms. The summed E-state index contributed by atoms with van der Waals surface area (Å²) in [5, 5.41) is 8.85. The van der Waals surface area contributed by atoms with Crippen molar-refractivity contribution in [3.8, 4) is 0 Å². The first kappa shape index (κ1) is 22.8. The number of nitrogens with zero attached hydrogens (tertiary/aromatic N) is 1. The van der Waals surface area contributed by atoms with E-state index in [0.29, 0.717) is 19.0 Å². The maximum absolute atomic E-state index is 12.5. The highest BCUT2D eigenvalue weighted by Gasteiger charge is 2.30. The third-order valence-corrected chi connectivity index (χ3v) is 3.61. The smallest absolute Gasteiger partial charge is 0.382 e. The topological polar surface area (TPSA) is 74.8 Å². The number of hydrogen-bond donors (Lipinski definition) is 3. The molecule has 1 rings (SSSR count). The van der Waals surface area contributed by atoms with Crippen molar-refractivity contribution in [1.82, 2.24) is 16.0 Å². The third kappa shape index (κ3) is 9.28. The summed E-state index contributed by atoms with van der Waals surface area (Å²) in [5.41, 5.74) is -0.600.